The fourth-order valence-corrected chi connectivity index (χ4v) is 2.06. The number of hydrogen-bond donors (Lipinski definition) is 3. The number of aliphatic carboxylic acids is 1. The van der Waals surface area contributed by atoms with Crippen LogP contribution < -0.4 is 5.32 Å². The molecular weight excluding hydrogens is 286 g/mol. The third-order valence-corrected chi connectivity index (χ3v) is 3.05. The molecule has 1 amide bonds. The van der Waals surface area contributed by atoms with Gasteiger partial charge in [0.2, 0.25) is 0 Å². The fourth-order valence-electron chi connectivity index (χ4n) is 2.06. The number of ether oxygens (including phenoxy) is 1. The van der Waals surface area contributed by atoms with Crippen LogP contribution in [-0.4, -0.2) is 33.9 Å². The normalized spacial score (nSPS) is 15.5. The maximum Gasteiger partial charge on any atom is 0.407 e. The van der Waals surface area contributed by atoms with Crippen molar-refractivity contribution in [3.8, 4) is 0 Å². The lowest BCUT2D eigenvalue weighted by atomic mass is 9.90. The van der Waals surface area contributed by atoms with Crippen molar-refractivity contribution in [1.29, 1.82) is 0 Å². The first-order valence-corrected chi connectivity index (χ1v) is 7.07. The van der Waals surface area contributed by atoms with Crippen molar-refractivity contribution in [2.75, 3.05) is 0 Å². The van der Waals surface area contributed by atoms with Crippen LogP contribution in [0.3, 0.4) is 0 Å². The third-order valence-electron chi connectivity index (χ3n) is 3.05. The van der Waals surface area contributed by atoms with Gasteiger partial charge in [0.25, 0.3) is 0 Å². The molecule has 122 valence electrons. The van der Waals surface area contributed by atoms with E-state index in [1.165, 1.54) is 6.92 Å². The second-order valence-corrected chi connectivity index (χ2v) is 6.15. The summed E-state index contributed by atoms with van der Waals surface area (Å²) in [5.41, 5.74) is -0.201. The summed E-state index contributed by atoms with van der Waals surface area (Å²) in [4.78, 5) is 23.2. The minimum atomic E-state index is -1.23. The van der Waals surface area contributed by atoms with Gasteiger partial charge in [0.05, 0.1) is 6.10 Å². The van der Waals surface area contributed by atoms with Gasteiger partial charge in [-0.1, -0.05) is 30.3 Å². The van der Waals surface area contributed by atoms with Crippen LogP contribution >= 0.6 is 0 Å². The second kappa shape index (κ2) is 7.26. The Morgan fingerprint density at radius 3 is 2.18 bits per heavy atom. The molecule has 6 heteroatoms. The minimum absolute atomic E-state index is 0.479. The molecule has 1 rings (SSSR count). The number of carboxylic acid groups (broad SMARTS) is 1. The van der Waals surface area contributed by atoms with Gasteiger partial charge in [-0.3, -0.25) is 4.79 Å². The monoisotopic (exact) mass is 309 g/mol. The lowest BCUT2D eigenvalue weighted by Crippen LogP contribution is -2.45. The van der Waals surface area contributed by atoms with Crippen LogP contribution in [0.2, 0.25) is 0 Å². The molecule has 22 heavy (non-hydrogen) atoms. The van der Waals surface area contributed by atoms with E-state index < -0.39 is 35.7 Å². The standard InChI is InChI=1S/C16H23NO5/c1-10(17-15(21)22-16(2,3)4)12(14(19)20)13(18)11-8-6-5-7-9-11/h5-10,12-13,18H,1-4H3,(H,17,21)(H,19,20)/t10-,12+,13-/m0/s1. The quantitative estimate of drug-likeness (QED) is 0.776. The third kappa shape index (κ3) is 5.37. The summed E-state index contributed by atoms with van der Waals surface area (Å²) in [5.74, 6) is -2.38. The fraction of sp³-hybridized carbons (Fsp3) is 0.500. The summed E-state index contributed by atoms with van der Waals surface area (Å²) in [6, 6.07) is 7.67. The zero-order valence-corrected chi connectivity index (χ0v) is 13.2. The van der Waals surface area contributed by atoms with Crippen molar-refractivity contribution >= 4 is 12.1 Å². The maximum atomic E-state index is 11.7. The van der Waals surface area contributed by atoms with Crippen LogP contribution in [0.15, 0.2) is 30.3 Å². The van der Waals surface area contributed by atoms with E-state index in [2.05, 4.69) is 5.32 Å². The number of carbonyl (C=O) groups excluding carboxylic acids is 1. The molecule has 0 aromatic heterocycles. The van der Waals surface area contributed by atoms with Crippen molar-refractivity contribution in [3.05, 3.63) is 35.9 Å². The SMILES string of the molecule is C[C@H](NC(=O)OC(C)(C)C)[C@@H](C(=O)O)[C@@H](O)c1ccccc1. The Hall–Kier alpha value is -2.08. The molecule has 0 saturated carbocycles. The molecule has 1 aromatic carbocycles. The summed E-state index contributed by atoms with van der Waals surface area (Å²) in [7, 11) is 0. The van der Waals surface area contributed by atoms with Gasteiger partial charge in [0.1, 0.15) is 11.5 Å². The highest BCUT2D eigenvalue weighted by Gasteiger charge is 2.34. The highest BCUT2D eigenvalue weighted by molar-refractivity contribution is 5.74. The molecule has 0 bridgehead atoms. The Kier molecular flexibility index (Phi) is 5.93. The number of amides is 1. The number of carboxylic acids is 1. The van der Waals surface area contributed by atoms with E-state index in [4.69, 9.17) is 4.74 Å². The van der Waals surface area contributed by atoms with Crippen molar-refractivity contribution in [2.24, 2.45) is 5.92 Å². The molecule has 6 nitrogen and oxygen atoms in total. The average Bonchev–Trinajstić information content (AvgIpc) is 2.36. The molecule has 3 N–H and O–H groups in total. The second-order valence-electron chi connectivity index (χ2n) is 6.15. The Labute approximate surface area is 130 Å². The van der Waals surface area contributed by atoms with Crippen LogP contribution in [0.4, 0.5) is 4.79 Å². The molecule has 0 aliphatic rings. The van der Waals surface area contributed by atoms with Gasteiger partial charge in [-0.25, -0.2) is 4.79 Å². The van der Waals surface area contributed by atoms with Gasteiger partial charge in [-0.15, -0.1) is 0 Å². The van der Waals surface area contributed by atoms with E-state index in [0.717, 1.165) is 0 Å². The van der Waals surface area contributed by atoms with E-state index in [-0.39, 0.29) is 0 Å². The number of rotatable bonds is 5. The first kappa shape index (κ1) is 18.0. The van der Waals surface area contributed by atoms with Crippen LogP contribution in [0.5, 0.6) is 0 Å². The lowest BCUT2D eigenvalue weighted by Gasteiger charge is -2.27. The number of benzene rings is 1. The van der Waals surface area contributed by atoms with Gasteiger partial charge in [0, 0.05) is 6.04 Å². The Morgan fingerprint density at radius 2 is 1.73 bits per heavy atom. The lowest BCUT2D eigenvalue weighted by molar-refractivity contribution is -0.147. The zero-order valence-electron chi connectivity index (χ0n) is 13.2. The van der Waals surface area contributed by atoms with Crippen molar-refractivity contribution in [3.63, 3.8) is 0 Å². The van der Waals surface area contributed by atoms with E-state index >= 15 is 0 Å². The van der Waals surface area contributed by atoms with Crippen molar-refractivity contribution in [2.45, 2.75) is 45.4 Å². The van der Waals surface area contributed by atoms with E-state index in [9.17, 15) is 19.8 Å². The van der Waals surface area contributed by atoms with Crippen LogP contribution in [0.25, 0.3) is 0 Å². The molecular formula is C16H23NO5. The van der Waals surface area contributed by atoms with Crippen LogP contribution in [0, 0.1) is 5.92 Å². The summed E-state index contributed by atoms with van der Waals surface area (Å²) < 4.78 is 5.10. The van der Waals surface area contributed by atoms with E-state index in [0.29, 0.717) is 5.56 Å². The van der Waals surface area contributed by atoms with E-state index in [1.54, 1.807) is 51.1 Å². The number of carbonyl (C=O) groups is 2. The molecule has 0 heterocycles. The molecule has 0 saturated heterocycles. The number of aliphatic hydroxyl groups is 1. The van der Waals surface area contributed by atoms with Gasteiger partial charge in [-0.05, 0) is 33.3 Å². The molecule has 0 aliphatic heterocycles. The number of hydrogen-bond acceptors (Lipinski definition) is 4. The van der Waals surface area contributed by atoms with Gasteiger partial charge in [-0.2, -0.15) is 0 Å². The number of nitrogens with one attached hydrogen (secondary N) is 1. The van der Waals surface area contributed by atoms with Crippen molar-refractivity contribution < 1.29 is 24.5 Å². The first-order valence-electron chi connectivity index (χ1n) is 7.07. The molecule has 0 aliphatic carbocycles. The predicted molar refractivity (Wildman–Crippen MR) is 81.4 cm³/mol. The first-order chi connectivity index (χ1) is 10.1. The molecule has 0 spiro atoms. The van der Waals surface area contributed by atoms with Crippen LogP contribution in [0.1, 0.15) is 39.4 Å². The highest BCUT2D eigenvalue weighted by Crippen LogP contribution is 2.25. The number of aliphatic hydroxyl groups excluding tert-OH is 1. The van der Waals surface area contributed by atoms with Crippen LogP contribution in [-0.2, 0) is 9.53 Å². The zero-order chi connectivity index (χ0) is 16.9. The molecule has 3 atom stereocenters. The largest absolute Gasteiger partial charge is 0.481 e. The smallest absolute Gasteiger partial charge is 0.407 e. The summed E-state index contributed by atoms with van der Waals surface area (Å²) in [5, 5.41) is 22.1. The molecule has 1 aromatic rings. The van der Waals surface area contributed by atoms with Gasteiger partial charge in [0.15, 0.2) is 0 Å². The number of alkyl carbamates (subject to hydrolysis) is 1. The van der Waals surface area contributed by atoms with E-state index in [1.807, 2.05) is 0 Å². The minimum Gasteiger partial charge on any atom is -0.481 e. The summed E-state index contributed by atoms with van der Waals surface area (Å²) >= 11 is 0. The van der Waals surface area contributed by atoms with Crippen molar-refractivity contribution in [1.82, 2.24) is 5.32 Å². The summed E-state index contributed by atoms with van der Waals surface area (Å²) in [6.07, 6.45) is -1.95. The maximum absolute atomic E-state index is 11.7. The van der Waals surface area contributed by atoms with Gasteiger partial charge < -0.3 is 20.3 Å². The Bertz CT molecular complexity index is 509. The predicted octanol–water partition coefficient (Wildman–Crippen LogP) is 2.33. The summed E-state index contributed by atoms with van der Waals surface area (Å²) in [6.45, 7) is 6.66. The Morgan fingerprint density at radius 1 is 1.18 bits per heavy atom. The highest BCUT2D eigenvalue weighted by atomic mass is 16.6. The average molecular weight is 309 g/mol. The Balaban J connectivity index is 2.83. The molecule has 0 fully saturated rings. The molecule has 0 radical (unpaired) electrons. The topological polar surface area (TPSA) is 95.9 Å². The molecule has 0 unspecified atom stereocenters. The van der Waals surface area contributed by atoms with Gasteiger partial charge >= 0.3 is 12.1 Å².